The van der Waals surface area contributed by atoms with Gasteiger partial charge in [0, 0.05) is 16.6 Å². The van der Waals surface area contributed by atoms with Crippen molar-refractivity contribution in [3.8, 4) is 5.75 Å². The monoisotopic (exact) mass is 418 g/mol. The molecule has 1 aromatic heterocycles. The fourth-order valence-electron chi connectivity index (χ4n) is 3.47. The highest BCUT2D eigenvalue weighted by molar-refractivity contribution is 7.11. The molecule has 0 fully saturated rings. The van der Waals surface area contributed by atoms with Crippen LogP contribution < -0.4 is 15.0 Å². The highest BCUT2D eigenvalue weighted by Crippen LogP contribution is 2.37. The summed E-state index contributed by atoms with van der Waals surface area (Å²) in [7, 11) is 0. The number of amides is 2. The Morgan fingerprint density at radius 1 is 1.00 bits per heavy atom. The van der Waals surface area contributed by atoms with Crippen LogP contribution in [0.15, 0.2) is 65.7 Å². The summed E-state index contributed by atoms with van der Waals surface area (Å²) in [4.78, 5) is 28.9. The van der Waals surface area contributed by atoms with Crippen molar-refractivity contribution >= 4 is 40.1 Å². The zero-order chi connectivity index (χ0) is 21.3. The molecule has 0 saturated carbocycles. The first-order valence-electron chi connectivity index (χ1n) is 9.74. The molecule has 3 aromatic rings. The van der Waals surface area contributed by atoms with Crippen LogP contribution >= 0.6 is 11.3 Å². The van der Waals surface area contributed by atoms with Gasteiger partial charge in [-0.2, -0.15) is 0 Å². The second-order valence-corrected chi connectivity index (χ2v) is 7.93. The predicted molar refractivity (Wildman–Crippen MR) is 121 cm³/mol. The number of anilines is 2. The first kappa shape index (κ1) is 19.9. The molecule has 2 aromatic carbocycles. The van der Waals surface area contributed by atoms with E-state index in [0.717, 1.165) is 16.0 Å². The molecule has 152 valence electrons. The van der Waals surface area contributed by atoms with Gasteiger partial charge in [0.15, 0.2) is 0 Å². The van der Waals surface area contributed by atoms with Crippen LogP contribution in [0.4, 0.5) is 11.4 Å². The van der Waals surface area contributed by atoms with Crippen molar-refractivity contribution in [2.75, 3.05) is 16.8 Å². The second kappa shape index (κ2) is 8.16. The molecule has 6 heteroatoms. The quantitative estimate of drug-likeness (QED) is 0.562. The maximum atomic E-state index is 13.5. The van der Waals surface area contributed by atoms with Crippen molar-refractivity contribution in [3.05, 3.63) is 81.7 Å². The summed E-state index contributed by atoms with van der Waals surface area (Å²) in [5.41, 5.74) is 3.89. The summed E-state index contributed by atoms with van der Waals surface area (Å²) in [5, 5.41) is 5.08. The Morgan fingerprint density at radius 3 is 2.53 bits per heavy atom. The number of nitrogens with one attached hydrogen (secondary N) is 1. The number of carbonyl (C=O) groups excluding carboxylic acids is 2. The van der Waals surface area contributed by atoms with E-state index in [-0.39, 0.29) is 17.5 Å². The van der Waals surface area contributed by atoms with E-state index >= 15 is 0 Å². The van der Waals surface area contributed by atoms with Crippen molar-refractivity contribution in [3.63, 3.8) is 0 Å². The Labute approximate surface area is 179 Å². The molecule has 1 aliphatic heterocycles. The topological polar surface area (TPSA) is 58.6 Å². The van der Waals surface area contributed by atoms with Gasteiger partial charge < -0.3 is 10.1 Å². The summed E-state index contributed by atoms with van der Waals surface area (Å²) < 4.78 is 5.56. The summed E-state index contributed by atoms with van der Waals surface area (Å²) in [6.45, 7) is 6.35. The Hall–Kier alpha value is -3.38. The molecule has 30 heavy (non-hydrogen) atoms. The number of ether oxygens (including phenoxy) is 1. The van der Waals surface area contributed by atoms with Crippen molar-refractivity contribution in [1.29, 1.82) is 0 Å². The largest absolute Gasteiger partial charge is 0.494 e. The maximum Gasteiger partial charge on any atom is 0.282 e. The minimum absolute atomic E-state index is 0.275. The number of benzene rings is 2. The van der Waals surface area contributed by atoms with E-state index in [1.165, 1.54) is 16.2 Å². The Bertz CT molecular complexity index is 1150. The van der Waals surface area contributed by atoms with Crippen LogP contribution in [-0.4, -0.2) is 18.4 Å². The number of nitrogens with zero attached hydrogens (tertiary/aromatic N) is 1. The highest BCUT2D eigenvalue weighted by Gasteiger charge is 2.41. The van der Waals surface area contributed by atoms with Gasteiger partial charge in [-0.05, 0) is 61.5 Å². The summed E-state index contributed by atoms with van der Waals surface area (Å²) in [5.74, 6) is 0.0162. The molecule has 0 radical (unpaired) electrons. The Balaban J connectivity index is 1.79. The molecule has 0 spiro atoms. The average molecular weight is 419 g/mol. The Kier molecular flexibility index (Phi) is 5.42. The van der Waals surface area contributed by atoms with Crippen LogP contribution in [0.5, 0.6) is 5.75 Å². The first-order chi connectivity index (χ1) is 14.5. The molecule has 0 aliphatic carbocycles. The SMILES string of the molecule is CCOc1cccc(NC2=C(c3cccs3)C(=O)N(c3cccc(C)c3C)C2=O)c1. The van der Waals surface area contributed by atoms with Gasteiger partial charge in [-0.3, -0.25) is 9.59 Å². The molecule has 0 bridgehead atoms. The van der Waals surface area contributed by atoms with Gasteiger partial charge in [-0.15, -0.1) is 11.3 Å². The van der Waals surface area contributed by atoms with Crippen LogP contribution in [0.25, 0.3) is 5.57 Å². The minimum Gasteiger partial charge on any atom is -0.494 e. The van der Waals surface area contributed by atoms with E-state index in [4.69, 9.17) is 4.74 Å². The zero-order valence-corrected chi connectivity index (χ0v) is 17.9. The van der Waals surface area contributed by atoms with Crippen LogP contribution in [0, 0.1) is 13.8 Å². The minimum atomic E-state index is -0.362. The van der Waals surface area contributed by atoms with Crippen molar-refractivity contribution in [2.45, 2.75) is 20.8 Å². The number of imide groups is 1. The van der Waals surface area contributed by atoms with Crippen molar-refractivity contribution < 1.29 is 14.3 Å². The number of hydrogen-bond donors (Lipinski definition) is 1. The van der Waals surface area contributed by atoms with E-state index in [9.17, 15) is 9.59 Å². The van der Waals surface area contributed by atoms with E-state index in [1.807, 2.05) is 80.7 Å². The standard InChI is InChI=1S/C24H22N2O3S/c1-4-29-18-10-6-9-17(14-18)25-22-21(20-12-7-13-30-20)23(27)26(24(22)28)19-11-5-8-15(2)16(19)3/h5-14,25H,4H2,1-3H3. The van der Waals surface area contributed by atoms with Gasteiger partial charge in [0.25, 0.3) is 11.8 Å². The van der Waals surface area contributed by atoms with Gasteiger partial charge in [0.1, 0.15) is 11.4 Å². The number of thiophene rings is 1. The molecule has 2 heterocycles. The van der Waals surface area contributed by atoms with Crippen LogP contribution in [0.1, 0.15) is 22.9 Å². The lowest BCUT2D eigenvalue weighted by atomic mass is 10.1. The summed E-state index contributed by atoms with van der Waals surface area (Å²) >= 11 is 1.43. The van der Waals surface area contributed by atoms with E-state index < -0.39 is 0 Å². The highest BCUT2D eigenvalue weighted by atomic mass is 32.1. The zero-order valence-electron chi connectivity index (χ0n) is 17.1. The van der Waals surface area contributed by atoms with E-state index in [2.05, 4.69) is 5.32 Å². The summed E-state index contributed by atoms with van der Waals surface area (Å²) in [6, 6.07) is 16.7. The molecule has 0 atom stereocenters. The molecule has 5 nitrogen and oxygen atoms in total. The van der Waals surface area contributed by atoms with E-state index in [0.29, 0.717) is 29.3 Å². The average Bonchev–Trinajstić information content (AvgIpc) is 3.32. The maximum absolute atomic E-state index is 13.5. The van der Waals surface area contributed by atoms with Crippen LogP contribution in [0.2, 0.25) is 0 Å². The fraction of sp³-hybridized carbons (Fsp3) is 0.167. The van der Waals surface area contributed by atoms with Crippen LogP contribution in [0.3, 0.4) is 0 Å². The number of aryl methyl sites for hydroxylation is 1. The Morgan fingerprint density at radius 2 is 1.80 bits per heavy atom. The van der Waals surface area contributed by atoms with Gasteiger partial charge in [0.2, 0.25) is 0 Å². The molecular formula is C24H22N2O3S. The second-order valence-electron chi connectivity index (χ2n) is 6.98. The third-order valence-corrected chi connectivity index (χ3v) is 5.97. The van der Waals surface area contributed by atoms with Gasteiger partial charge in [-0.1, -0.05) is 24.3 Å². The molecule has 1 aliphatic rings. The van der Waals surface area contributed by atoms with Crippen LogP contribution in [-0.2, 0) is 9.59 Å². The molecule has 4 rings (SSSR count). The van der Waals surface area contributed by atoms with Crippen molar-refractivity contribution in [1.82, 2.24) is 0 Å². The number of hydrogen-bond acceptors (Lipinski definition) is 5. The van der Waals surface area contributed by atoms with Gasteiger partial charge in [-0.25, -0.2) is 4.90 Å². The van der Waals surface area contributed by atoms with E-state index in [1.54, 1.807) is 0 Å². The normalized spacial score (nSPS) is 13.9. The molecule has 2 amide bonds. The lowest BCUT2D eigenvalue weighted by molar-refractivity contribution is -0.120. The smallest absolute Gasteiger partial charge is 0.282 e. The predicted octanol–water partition coefficient (Wildman–Crippen LogP) is 5.16. The third kappa shape index (κ3) is 3.50. The first-order valence-corrected chi connectivity index (χ1v) is 10.6. The van der Waals surface area contributed by atoms with Crippen molar-refractivity contribution in [2.24, 2.45) is 0 Å². The van der Waals surface area contributed by atoms with Gasteiger partial charge in [0.05, 0.1) is 17.9 Å². The molecule has 1 N–H and O–H groups in total. The molecule has 0 unspecified atom stereocenters. The lowest BCUT2D eigenvalue weighted by Crippen LogP contribution is -2.33. The third-order valence-electron chi connectivity index (χ3n) is 5.08. The number of carbonyl (C=O) groups is 2. The molecule has 0 saturated heterocycles. The fourth-order valence-corrected chi connectivity index (χ4v) is 4.23. The number of rotatable bonds is 6. The van der Waals surface area contributed by atoms with Gasteiger partial charge >= 0.3 is 0 Å². The lowest BCUT2D eigenvalue weighted by Gasteiger charge is -2.19. The molecular weight excluding hydrogens is 396 g/mol. The summed E-state index contributed by atoms with van der Waals surface area (Å²) in [6.07, 6.45) is 0.